The summed E-state index contributed by atoms with van der Waals surface area (Å²) < 4.78 is 0. The molecule has 94 valence electrons. The number of non-ortho nitro benzene ring substituents is 1. The number of hydrogen-bond acceptors (Lipinski definition) is 4. The van der Waals surface area contributed by atoms with Crippen LogP contribution in [0.4, 0.5) is 5.69 Å². The van der Waals surface area contributed by atoms with Crippen LogP contribution in [-0.2, 0) is 0 Å². The van der Waals surface area contributed by atoms with E-state index in [1.54, 1.807) is 12.1 Å². The molecular formula is C12H19N3O2. The van der Waals surface area contributed by atoms with Crippen LogP contribution >= 0.6 is 0 Å². The van der Waals surface area contributed by atoms with E-state index < -0.39 is 0 Å². The van der Waals surface area contributed by atoms with Gasteiger partial charge in [-0.2, -0.15) is 0 Å². The number of rotatable bonds is 6. The van der Waals surface area contributed by atoms with E-state index in [1.807, 2.05) is 13.1 Å². The average molecular weight is 237 g/mol. The van der Waals surface area contributed by atoms with Gasteiger partial charge in [0.05, 0.1) is 4.92 Å². The lowest BCUT2D eigenvalue weighted by molar-refractivity contribution is -0.385. The average Bonchev–Trinajstić information content (AvgIpc) is 2.30. The second-order valence-electron chi connectivity index (χ2n) is 4.05. The Morgan fingerprint density at radius 1 is 1.53 bits per heavy atom. The number of nitro benzene ring substituents is 1. The van der Waals surface area contributed by atoms with Crippen LogP contribution in [0.1, 0.15) is 24.9 Å². The molecule has 0 bridgehead atoms. The van der Waals surface area contributed by atoms with Gasteiger partial charge < -0.3 is 5.73 Å². The predicted octanol–water partition coefficient (Wildman–Crippen LogP) is 1.94. The lowest BCUT2D eigenvalue weighted by Gasteiger charge is -2.26. The first-order valence-corrected chi connectivity index (χ1v) is 5.74. The Bertz CT molecular complexity index is 382. The summed E-state index contributed by atoms with van der Waals surface area (Å²) in [6.07, 6.45) is 0.900. The third-order valence-corrected chi connectivity index (χ3v) is 2.87. The monoisotopic (exact) mass is 237 g/mol. The number of nitrogens with two attached hydrogens (primary N) is 1. The van der Waals surface area contributed by atoms with E-state index in [0.29, 0.717) is 6.54 Å². The summed E-state index contributed by atoms with van der Waals surface area (Å²) in [6.45, 7) is 3.43. The van der Waals surface area contributed by atoms with Crippen LogP contribution in [0.25, 0.3) is 0 Å². The molecule has 1 atom stereocenters. The van der Waals surface area contributed by atoms with Gasteiger partial charge in [0.1, 0.15) is 0 Å². The molecule has 0 heterocycles. The molecule has 0 saturated heterocycles. The fourth-order valence-electron chi connectivity index (χ4n) is 2.01. The minimum absolute atomic E-state index is 0.141. The van der Waals surface area contributed by atoms with Gasteiger partial charge in [0.25, 0.3) is 5.69 Å². The maximum Gasteiger partial charge on any atom is 0.269 e. The molecule has 1 rings (SSSR count). The maximum absolute atomic E-state index is 10.7. The molecule has 0 aliphatic carbocycles. The van der Waals surface area contributed by atoms with E-state index in [-0.39, 0.29) is 16.7 Å². The molecule has 17 heavy (non-hydrogen) atoms. The number of likely N-dealkylation sites (N-methyl/N-ethyl adjacent to an activating group) is 1. The molecule has 0 saturated carbocycles. The first kappa shape index (κ1) is 13.6. The van der Waals surface area contributed by atoms with Crippen LogP contribution in [-0.4, -0.2) is 30.0 Å². The van der Waals surface area contributed by atoms with Crippen LogP contribution in [0.3, 0.4) is 0 Å². The third kappa shape index (κ3) is 3.51. The van der Waals surface area contributed by atoms with Gasteiger partial charge in [-0.15, -0.1) is 0 Å². The van der Waals surface area contributed by atoms with Crippen molar-refractivity contribution in [2.45, 2.75) is 19.4 Å². The summed E-state index contributed by atoms with van der Waals surface area (Å²) in [4.78, 5) is 12.5. The fraction of sp³-hybridized carbons (Fsp3) is 0.500. The fourth-order valence-corrected chi connectivity index (χ4v) is 2.01. The van der Waals surface area contributed by atoms with Crippen molar-refractivity contribution in [3.05, 3.63) is 39.9 Å². The van der Waals surface area contributed by atoms with Crippen LogP contribution in [0.15, 0.2) is 24.3 Å². The highest BCUT2D eigenvalue weighted by molar-refractivity contribution is 5.35. The Kier molecular flexibility index (Phi) is 5.06. The number of hydrogen-bond donors (Lipinski definition) is 1. The second-order valence-corrected chi connectivity index (χ2v) is 4.05. The van der Waals surface area contributed by atoms with Gasteiger partial charge in [0.15, 0.2) is 0 Å². The summed E-state index contributed by atoms with van der Waals surface area (Å²) in [5, 5.41) is 10.7. The van der Waals surface area contributed by atoms with E-state index in [4.69, 9.17) is 5.73 Å². The zero-order chi connectivity index (χ0) is 12.8. The smallest absolute Gasteiger partial charge is 0.269 e. The van der Waals surface area contributed by atoms with E-state index >= 15 is 0 Å². The lowest BCUT2D eigenvalue weighted by atomic mass is 10.0. The molecule has 0 aromatic heterocycles. The normalized spacial score (nSPS) is 12.7. The zero-order valence-corrected chi connectivity index (χ0v) is 10.3. The summed E-state index contributed by atoms with van der Waals surface area (Å²) >= 11 is 0. The molecule has 0 spiro atoms. The third-order valence-electron chi connectivity index (χ3n) is 2.87. The Morgan fingerprint density at radius 2 is 2.24 bits per heavy atom. The van der Waals surface area contributed by atoms with E-state index in [9.17, 15) is 10.1 Å². The molecule has 1 aromatic carbocycles. The molecule has 1 aromatic rings. The SMILES string of the molecule is CCC(c1cccc([N+](=O)[O-])c1)N(C)CCN. The van der Waals surface area contributed by atoms with Gasteiger partial charge >= 0.3 is 0 Å². The topological polar surface area (TPSA) is 72.4 Å². The van der Waals surface area contributed by atoms with E-state index in [2.05, 4.69) is 11.8 Å². The molecule has 5 heteroatoms. The Labute approximate surface area is 101 Å². The van der Waals surface area contributed by atoms with Gasteiger partial charge in [-0.1, -0.05) is 19.1 Å². The van der Waals surface area contributed by atoms with Crippen molar-refractivity contribution in [1.82, 2.24) is 4.90 Å². The molecule has 1 unspecified atom stereocenters. The van der Waals surface area contributed by atoms with Crippen molar-refractivity contribution in [3.63, 3.8) is 0 Å². The van der Waals surface area contributed by atoms with Crippen LogP contribution in [0.5, 0.6) is 0 Å². The van der Waals surface area contributed by atoms with Gasteiger partial charge in [0.2, 0.25) is 0 Å². The molecule has 0 radical (unpaired) electrons. The van der Waals surface area contributed by atoms with Gasteiger partial charge in [-0.3, -0.25) is 15.0 Å². The molecule has 0 fully saturated rings. The standard InChI is InChI=1S/C12H19N3O2/c1-3-12(14(2)8-7-13)10-5-4-6-11(9-10)15(16)17/h4-6,9,12H,3,7-8,13H2,1-2H3. The lowest BCUT2D eigenvalue weighted by Crippen LogP contribution is -2.29. The van der Waals surface area contributed by atoms with Crippen molar-refractivity contribution < 1.29 is 4.92 Å². The van der Waals surface area contributed by atoms with Crippen LogP contribution in [0.2, 0.25) is 0 Å². The van der Waals surface area contributed by atoms with Crippen molar-refractivity contribution in [2.24, 2.45) is 5.73 Å². The van der Waals surface area contributed by atoms with Crippen molar-refractivity contribution in [1.29, 1.82) is 0 Å². The zero-order valence-electron chi connectivity index (χ0n) is 10.3. The van der Waals surface area contributed by atoms with E-state index in [1.165, 1.54) is 6.07 Å². The molecule has 2 N–H and O–H groups in total. The number of nitro groups is 1. The maximum atomic E-state index is 10.7. The Hall–Kier alpha value is -1.46. The minimum Gasteiger partial charge on any atom is -0.329 e. The first-order chi connectivity index (χ1) is 8.10. The number of nitrogens with zero attached hydrogens (tertiary/aromatic N) is 2. The summed E-state index contributed by atoms with van der Waals surface area (Å²) in [5.74, 6) is 0. The first-order valence-electron chi connectivity index (χ1n) is 5.74. The molecule has 5 nitrogen and oxygen atoms in total. The van der Waals surface area contributed by atoms with Crippen molar-refractivity contribution in [2.75, 3.05) is 20.1 Å². The Balaban J connectivity index is 2.95. The summed E-state index contributed by atoms with van der Waals surface area (Å²) in [5.41, 5.74) is 6.64. The van der Waals surface area contributed by atoms with E-state index in [0.717, 1.165) is 18.5 Å². The molecule has 0 amide bonds. The molecule has 0 aliphatic rings. The van der Waals surface area contributed by atoms with Gasteiger partial charge in [0, 0.05) is 31.3 Å². The highest BCUT2D eigenvalue weighted by Gasteiger charge is 2.16. The highest BCUT2D eigenvalue weighted by atomic mass is 16.6. The molecular weight excluding hydrogens is 218 g/mol. The van der Waals surface area contributed by atoms with Crippen molar-refractivity contribution in [3.8, 4) is 0 Å². The second kappa shape index (κ2) is 6.32. The number of benzene rings is 1. The summed E-state index contributed by atoms with van der Waals surface area (Å²) in [6, 6.07) is 6.99. The minimum atomic E-state index is -0.362. The largest absolute Gasteiger partial charge is 0.329 e. The summed E-state index contributed by atoms with van der Waals surface area (Å²) in [7, 11) is 1.99. The quantitative estimate of drug-likeness (QED) is 0.606. The van der Waals surface area contributed by atoms with Crippen LogP contribution < -0.4 is 5.73 Å². The predicted molar refractivity (Wildman–Crippen MR) is 67.8 cm³/mol. The van der Waals surface area contributed by atoms with Crippen molar-refractivity contribution >= 4 is 5.69 Å². The van der Waals surface area contributed by atoms with Gasteiger partial charge in [-0.05, 0) is 19.0 Å². The van der Waals surface area contributed by atoms with Crippen LogP contribution in [0, 0.1) is 10.1 Å². The highest BCUT2D eigenvalue weighted by Crippen LogP contribution is 2.25. The molecule has 0 aliphatic heterocycles. The Morgan fingerprint density at radius 3 is 2.76 bits per heavy atom. The van der Waals surface area contributed by atoms with Gasteiger partial charge in [-0.25, -0.2) is 0 Å².